The lowest BCUT2D eigenvalue weighted by molar-refractivity contribution is -0.200. The molecular formula is C21H28N2O3. The summed E-state index contributed by atoms with van der Waals surface area (Å²) in [6, 6.07) is 2.11. The Kier molecular flexibility index (Phi) is 5.09. The quantitative estimate of drug-likeness (QED) is 0.831. The van der Waals surface area contributed by atoms with E-state index in [1.54, 1.807) is 0 Å². The summed E-state index contributed by atoms with van der Waals surface area (Å²) < 4.78 is 12.2. The van der Waals surface area contributed by atoms with E-state index in [0.717, 1.165) is 48.8 Å². The first-order valence-corrected chi connectivity index (χ1v) is 9.78. The van der Waals surface area contributed by atoms with Crippen molar-refractivity contribution in [2.24, 2.45) is 0 Å². The summed E-state index contributed by atoms with van der Waals surface area (Å²) in [5.41, 5.74) is 3.07. The van der Waals surface area contributed by atoms with Gasteiger partial charge in [-0.1, -0.05) is 12.1 Å². The van der Waals surface area contributed by atoms with E-state index in [-0.39, 0.29) is 17.6 Å². The van der Waals surface area contributed by atoms with E-state index in [9.17, 15) is 4.79 Å². The number of carbonyl (C=O) groups is 1. The smallest absolute Gasteiger partial charge is 0.249 e. The largest absolute Gasteiger partial charge is 0.373 e. The van der Waals surface area contributed by atoms with Crippen molar-refractivity contribution in [1.29, 1.82) is 0 Å². The third kappa shape index (κ3) is 3.84. The first kappa shape index (κ1) is 17.7. The third-order valence-corrected chi connectivity index (χ3v) is 5.68. The molecule has 0 N–H and O–H groups in total. The second-order valence-electron chi connectivity index (χ2n) is 7.96. The maximum absolute atomic E-state index is 12.6. The molecule has 0 bridgehead atoms. The molecule has 3 aliphatic rings. The Bertz CT molecular complexity index is 694. The highest BCUT2D eigenvalue weighted by atomic mass is 16.5. The maximum Gasteiger partial charge on any atom is 0.249 e. The summed E-state index contributed by atoms with van der Waals surface area (Å²) in [6.45, 7) is 4.75. The summed E-state index contributed by atoms with van der Waals surface area (Å²) >= 11 is 0. The van der Waals surface area contributed by atoms with Crippen LogP contribution in [0.4, 0.5) is 0 Å². The Balaban J connectivity index is 1.29. The van der Waals surface area contributed by atoms with Crippen molar-refractivity contribution in [3.63, 3.8) is 0 Å². The first-order chi connectivity index (χ1) is 12.6. The van der Waals surface area contributed by atoms with Gasteiger partial charge in [0.05, 0.1) is 25.8 Å². The van der Waals surface area contributed by atoms with E-state index in [2.05, 4.69) is 17.1 Å². The number of carbonyl (C=O) groups excluding carboxylic acids is 1. The minimum atomic E-state index is -0.196. The molecule has 1 amide bonds. The highest BCUT2D eigenvalue weighted by Crippen LogP contribution is 2.37. The van der Waals surface area contributed by atoms with Crippen LogP contribution in [0.3, 0.4) is 0 Å². The highest BCUT2D eigenvalue weighted by molar-refractivity contribution is 5.94. The van der Waals surface area contributed by atoms with Crippen LogP contribution in [0.1, 0.15) is 49.7 Å². The maximum atomic E-state index is 12.6. The van der Waals surface area contributed by atoms with Crippen LogP contribution in [0, 0.1) is 6.92 Å². The van der Waals surface area contributed by atoms with E-state index in [0.29, 0.717) is 26.3 Å². The van der Waals surface area contributed by atoms with E-state index >= 15 is 0 Å². The number of hydrogen-bond donors (Lipinski definition) is 0. The number of allylic oxidation sites excluding steroid dienone is 1. The molecule has 1 aliphatic carbocycles. The molecule has 0 saturated carbocycles. The topological polar surface area (TPSA) is 51.7 Å². The minimum absolute atomic E-state index is 0.190. The number of amides is 1. The number of ether oxygens (including phenoxy) is 2. The predicted molar refractivity (Wildman–Crippen MR) is 98.6 cm³/mol. The number of nitrogens with zero attached hydrogens (tertiary/aromatic N) is 2. The standard InChI is InChI=1S/C21H28N2O3/c1-16-9-17(12-22-11-16)13-25-19-7-8-26-21(10-19)14-23(15-21)20(24)18-5-3-2-4-6-18/h5,9,11-12,19H,2-4,6-8,10,13-15H2,1H3/t19-/m1/s1. The van der Waals surface area contributed by atoms with Crippen LogP contribution in [0.5, 0.6) is 0 Å². The molecule has 140 valence electrons. The molecule has 1 atom stereocenters. The van der Waals surface area contributed by atoms with Crippen LogP contribution in [0.2, 0.25) is 0 Å². The van der Waals surface area contributed by atoms with Gasteiger partial charge in [-0.3, -0.25) is 9.78 Å². The van der Waals surface area contributed by atoms with Gasteiger partial charge in [0.25, 0.3) is 0 Å². The molecular weight excluding hydrogens is 328 g/mol. The van der Waals surface area contributed by atoms with Crippen molar-refractivity contribution in [3.05, 3.63) is 41.2 Å². The molecule has 4 rings (SSSR count). The molecule has 1 aromatic rings. The number of pyridine rings is 1. The number of likely N-dealkylation sites (tertiary alicyclic amines) is 1. The Morgan fingerprint density at radius 2 is 2.27 bits per heavy atom. The molecule has 26 heavy (non-hydrogen) atoms. The average Bonchev–Trinajstić information content (AvgIpc) is 2.65. The zero-order valence-corrected chi connectivity index (χ0v) is 15.6. The van der Waals surface area contributed by atoms with Crippen LogP contribution in [-0.4, -0.2) is 47.2 Å². The van der Waals surface area contributed by atoms with Crippen LogP contribution in [0.15, 0.2) is 30.1 Å². The fourth-order valence-corrected chi connectivity index (χ4v) is 4.28. The van der Waals surface area contributed by atoms with Crippen LogP contribution >= 0.6 is 0 Å². The Hall–Kier alpha value is -1.72. The van der Waals surface area contributed by atoms with Crippen molar-refractivity contribution in [3.8, 4) is 0 Å². The third-order valence-electron chi connectivity index (χ3n) is 5.68. The monoisotopic (exact) mass is 356 g/mol. The minimum Gasteiger partial charge on any atom is -0.373 e. The molecule has 0 unspecified atom stereocenters. The van der Waals surface area contributed by atoms with Gasteiger partial charge >= 0.3 is 0 Å². The van der Waals surface area contributed by atoms with Gasteiger partial charge in [-0.05, 0) is 50.2 Å². The van der Waals surface area contributed by atoms with Gasteiger partial charge in [0.2, 0.25) is 5.91 Å². The normalized spacial score (nSPS) is 24.9. The molecule has 2 saturated heterocycles. The lowest BCUT2D eigenvalue weighted by Gasteiger charge is -2.53. The Morgan fingerprint density at radius 3 is 3.04 bits per heavy atom. The van der Waals surface area contributed by atoms with Gasteiger partial charge in [0, 0.05) is 31.0 Å². The molecule has 5 nitrogen and oxygen atoms in total. The molecule has 0 aromatic carbocycles. The summed E-state index contributed by atoms with van der Waals surface area (Å²) in [7, 11) is 0. The van der Waals surface area contributed by atoms with Crippen LogP contribution in [-0.2, 0) is 20.9 Å². The fraction of sp³-hybridized carbons (Fsp3) is 0.619. The van der Waals surface area contributed by atoms with Crippen molar-refractivity contribution >= 4 is 5.91 Å². The summed E-state index contributed by atoms with van der Waals surface area (Å²) in [4.78, 5) is 18.8. The Labute approximate surface area is 155 Å². The summed E-state index contributed by atoms with van der Waals surface area (Å²) in [5.74, 6) is 0.216. The highest BCUT2D eigenvalue weighted by Gasteiger charge is 2.49. The zero-order chi connectivity index (χ0) is 18.0. The summed E-state index contributed by atoms with van der Waals surface area (Å²) in [6.07, 6.45) is 12.1. The van der Waals surface area contributed by atoms with Gasteiger partial charge < -0.3 is 14.4 Å². The number of hydrogen-bond acceptors (Lipinski definition) is 4. The molecule has 1 spiro atoms. The van der Waals surface area contributed by atoms with Gasteiger partial charge in [-0.15, -0.1) is 0 Å². The number of rotatable bonds is 4. The van der Waals surface area contributed by atoms with E-state index < -0.39 is 0 Å². The van der Waals surface area contributed by atoms with Crippen molar-refractivity contribution in [2.75, 3.05) is 19.7 Å². The van der Waals surface area contributed by atoms with Crippen LogP contribution in [0.25, 0.3) is 0 Å². The van der Waals surface area contributed by atoms with E-state index in [1.165, 1.54) is 6.42 Å². The Morgan fingerprint density at radius 1 is 1.38 bits per heavy atom. The summed E-state index contributed by atoms with van der Waals surface area (Å²) in [5, 5.41) is 0. The van der Waals surface area contributed by atoms with Gasteiger partial charge in [-0.2, -0.15) is 0 Å². The lowest BCUT2D eigenvalue weighted by Crippen LogP contribution is -2.67. The molecule has 0 radical (unpaired) electrons. The lowest BCUT2D eigenvalue weighted by atomic mass is 9.83. The molecule has 2 fully saturated rings. The average molecular weight is 356 g/mol. The second-order valence-corrected chi connectivity index (χ2v) is 7.96. The van der Waals surface area contributed by atoms with E-state index in [1.807, 2.05) is 24.2 Å². The molecule has 5 heteroatoms. The SMILES string of the molecule is Cc1cncc(CO[C@@H]2CCOC3(C2)CN(C(=O)C2=CCCCC2)C3)c1. The van der Waals surface area contributed by atoms with Gasteiger partial charge in [0.1, 0.15) is 5.60 Å². The number of aromatic nitrogens is 1. The van der Waals surface area contributed by atoms with Crippen molar-refractivity contribution in [1.82, 2.24) is 9.88 Å². The zero-order valence-electron chi connectivity index (χ0n) is 15.6. The molecule has 2 aliphatic heterocycles. The molecule has 1 aromatic heterocycles. The predicted octanol–water partition coefficient (Wildman–Crippen LogP) is 3.17. The fourth-order valence-electron chi connectivity index (χ4n) is 4.28. The van der Waals surface area contributed by atoms with Crippen molar-refractivity contribution in [2.45, 2.75) is 63.8 Å². The molecule has 3 heterocycles. The van der Waals surface area contributed by atoms with Crippen molar-refractivity contribution < 1.29 is 14.3 Å². The van der Waals surface area contributed by atoms with E-state index in [4.69, 9.17) is 9.47 Å². The number of aryl methyl sites for hydroxylation is 1. The second kappa shape index (κ2) is 7.49. The van der Waals surface area contributed by atoms with Gasteiger partial charge in [0.15, 0.2) is 0 Å². The van der Waals surface area contributed by atoms with Crippen LogP contribution < -0.4 is 0 Å². The van der Waals surface area contributed by atoms with Gasteiger partial charge in [-0.25, -0.2) is 0 Å². The first-order valence-electron chi connectivity index (χ1n) is 9.78.